The Labute approximate surface area is 176 Å². The molecule has 0 radical (unpaired) electrons. The number of allylic oxidation sites excluding steroid dienone is 1. The first-order chi connectivity index (χ1) is 13.6. The maximum Gasteiger partial charge on any atom is 0.0905 e. The van der Waals surface area contributed by atoms with Crippen molar-refractivity contribution in [2.75, 3.05) is 52.4 Å². The third kappa shape index (κ3) is 33.1. The summed E-state index contributed by atoms with van der Waals surface area (Å²) >= 11 is 0. The van der Waals surface area contributed by atoms with Gasteiger partial charge in [0.05, 0.1) is 30.3 Å². The Morgan fingerprint density at radius 2 is 0.862 bits per heavy atom. The summed E-state index contributed by atoms with van der Waals surface area (Å²) in [5.74, 6) is 0. The van der Waals surface area contributed by atoms with Gasteiger partial charge in [0, 0.05) is 84.1 Å². The van der Waals surface area contributed by atoms with Crippen molar-refractivity contribution in [2.24, 2.45) is 11.5 Å². The Morgan fingerprint density at radius 1 is 0.621 bits per heavy atom. The van der Waals surface area contributed by atoms with Gasteiger partial charge in [0.25, 0.3) is 0 Å². The van der Waals surface area contributed by atoms with Crippen LogP contribution in [0.4, 0.5) is 0 Å². The molecule has 0 rings (SSSR count). The van der Waals surface area contributed by atoms with E-state index in [0.717, 1.165) is 13.1 Å². The third-order valence-corrected chi connectivity index (χ3v) is 3.15. The molecule has 4 N–H and O–H groups in total. The molecule has 0 aromatic rings. The number of hydrogen-bond donors (Lipinski definition) is 2. The van der Waals surface area contributed by atoms with Crippen LogP contribution < -0.4 is 11.5 Å². The summed E-state index contributed by atoms with van der Waals surface area (Å²) in [6, 6.07) is 10.1. The van der Waals surface area contributed by atoms with Gasteiger partial charge in [-0.05, 0) is 0 Å². The van der Waals surface area contributed by atoms with Crippen molar-refractivity contribution in [3.8, 4) is 30.3 Å². The second-order valence-electron chi connectivity index (χ2n) is 5.23. The van der Waals surface area contributed by atoms with Gasteiger partial charge in [-0.2, -0.15) is 26.3 Å². The van der Waals surface area contributed by atoms with Crippen LogP contribution in [0.25, 0.3) is 0 Å². The van der Waals surface area contributed by atoms with Crippen LogP contribution in [-0.2, 0) is 0 Å². The summed E-state index contributed by atoms with van der Waals surface area (Å²) in [5.41, 5.74) is 9.81. The van der Waals surface area contributed by atoms with E-state index in [9.17, 15) is 0 Å². The zero-order valence-electron chi connectivity index (χ0n) is 16.6. The minimum absolute atomic E-state index is 0. The van der Waals surface area contributed by atoms with Gasteiger partial charge in [-0.15, -0.1) is 0 Å². The van der Waals surface area contributed by atoms with Crippen LogP contribution in [0.5, 0.6) is 0 Å². The predicted molar refractivity (Wildman–Crippen MR) is 114 cm³/mol. The van der Waals surface area contributed by atoms with Crippen molar-refractivity contribution in [2.45, 2.75) is 33.1 Å². The van der Waals surface area contributed by atoms with Crippen LogP contribution in [0.2, 0.25) is 0 Å². The molecule has 0 saturated heterocycles. The summed E-state index contributed by atoms with van der Waals surface area (Å²) in [4.78, 5) is 4.16. The molecule has 0 aliphatic heterocycles. The Morgan fingerprint density at radius 3 is 1.00 bits per heavy atom. The molecule has 0 aromatic carbocycles. The number of nitrogens with zero attached hydrogens (tertiary/aromatic N) is 7. The zero-order chi connectivity index (χ0) is 21.9. The molecule has 0 unspecified atom stereocenters. The van der Waals surface area contributed by atoms with E-state index >= 15 is 0 Å². The van der Waals surface area contributed by atoms with E-state index in [0.29, 0.717) is 65.0 Å². The first-order valence-electron chi connectivity index (χ1n) is 8.94. The minimum Gasteiger partial charge on any atom is -0.329 e. The van der Waals surface area contributed by atoms with Crippen LogP contribution >= 0.6 is 0 Å². The van der Waals surface area contributed by atoms with Crippen molar-refractivity contribution in [1.29, 1.82) is 26.3 Å². The van der Waals surface area contributed by atoms with Crippen LogP contribution in [0, 0.1) is 56.7 Å². The molecule has 0 saturated carbocycles. The average molecular weight is 402 g/mol. The van der Waals surface area contributed by atoms with E-state index in [1.165, 1.54) is 6.08 Å². The van der Waals surface area contributed by atoms with Gasteiger partial charge in [-0.25, -0.2) is 0 Å². The van der Waals surface area contributed by atoms with E-state index < -0.39 is 0 Å². The monoisotopic (exact) mass is 401 g/mol. The lowest BCUT2D eigenvalue weighted by molar-refractivity contribution is 0.212. The normalized spacial score (nSPS) is 8.24. The molecule has 160 valence electrons. The number of rotatable bonds is 12. The molecule has 29 heavy (non-hydrogen) atoms. The van der Waals surface area contributed by atoms with Crippen molar-refractivity contribution in [1.82, 2.24) is 9.80 Å². The molecule has 0 aromatic heterocycles. The van der Waals surface area contributed by atoms with Crippen LogP contribution in [0.3, 0.4) is 0 Å². The second-order valence-corrected chi connectivity index (χ2v) is 5.23. The molecule has 0 heterocycles. The minimum atomic E-state index is 0. The maximum atomic E-state index is 8.63. The fraction of sp³-hybridized carbons (Fsp3) is 0.650. The highest BCUT2D eigenvalue weighted by Crippen LogP contribution is 1.98. The van der Waals surface area contributed by atoms with E-state index in [-0.39, 0.29) is 7.43 Å². The molecule has 0 spiro atoms. The van der Waals surface area contributed by atoms with Crippen molar-refractivity contribution in [3.63, 3.8) is 0 Å². The molecule has 0 amide bonds. The summed E-state index contributed by atoms with van der Waals surface area (Å²) in [6.07, 6.45) is 2.97. The lowest BCUT2D eigenvalue weighted by atomic mass is 10.3. The highest BCUT2D eigenvalue weighted by atomic mass is 15.2. The first kappa shape index (κ1) is 33.6. The smallest absolute Gasteiger partial charge is 0.0905 e. The summed E-state index contributed by atoms with van der Waals surface area (Å²) in [7, 11) is 0. The molecule has 0 atom stereocenters. The largest absolute Gasteiger partial charge is 0.329 e. The molecule has 0 aliphatic carbocycles. The average Bonchev–Trinajstić information content (AvgIpc) is 2.74. The van der Waals surface area contributed by atoms with Gasteiger partial charge in [0.1, 0.15) is 0 Å². The van der Waals surface area contributed by atoms with Crippen molar-refractivity contribution < 1.29 is 0 Å². The van der Waals surface area contributed by atoms with Gasteiger partial charge >= 0.3 is 0 Å². The number of nitriles is 5. The van der Waals surface area contributed by atoms with E-state index in [1.54, 1.807) is 6.07 Å². The Hall–Kier alpha value is -2.97. The van der Waals surface area contributed by atoms with Gasteiger partial charge < -0.3 is 21.3 Å². The Balaban J connectivity index is -0.000000294. The van der Waals surface area contributed by atoms with Crippen LogP contribution in [0.15, 0.2) is 12.7 Å². The SMILES string of the molecule is C.C=CC#N.N#CCCN(CCC#N)CCN(CCC#N)CCC#N.NCCN. The second kappa shape index (κ2) is 32.7. The maximum absolute atomic E-state index is 8.63. The van der Waals surface area contributed by atoms with Crippen molar-refractivity contribution >= 4 is 0 Å². The molecule has 0 aliphatic rings. The van der Waals surface area contributed by atoms with Gasteiger partial charge in [-0.1, -0.05) is 14.0 Å². The highest BCUT2D eigenvalue weighted by molar-refractivity contribution is 4.93. The van der Waals surface area contributed by atoms with Crippen LogP contribution in [-0.4, -0.2) is 62.2 Å². The lowest BCUT2D eigenvalue weighted by Gasteiger charge is -2.25. The molecule has 9 nitrogen and oxygen atoms in total. The lowest BCUT2D eigenvalue weighted by Crippen LogP contribution is -2.37. The standard InChI is InChI=1S/C14H20N6.C3H3N.C2H8N2.CH4/c15-5-1-9-19(10-2-6-16)13-14-20(11-3-7-17)12-4-8-18;1-2-3-4;3-1-2-4;/h1-4,9-14H2;2H,1H2;1-4H2;1H4. The Kier molecular flexibility index (Phi) is 37.9. The van der Waals surface area contributed by atoms with E-state index in [1.807, 2.05) is 0 Å². The van der Waals surface area contributed by atoms with E-state index in [4.69, 9.17) is 37.8 Å². The first-order valence-corrected chi connectivity index (χ1v) is 8.94. The number of hydrogen-bond acceptors (Lipinski definition) is 9. The third-order valence-electron chi connectivity index (χ3n) is 3.15. The summed E-state index contributed by atoms with van der Waals surface area (Å²) in [5, 5.41) is 42.0. The fourth-order valence-electron chi connectivity index (χ4n) is 1.79. The molecular weight excluding hydrogens is 366 g/mol. The van der Waals surface area contributed by atoms with Gasteiger partial charge in [0.2, 0.25) is 0 Å². The quantitative estimate of drug-likeness (QED) is 0.458. The highest BCUT2D eigenvalue weighted by Gasteiger charge is 2.09. The predicted octanol–water partition coefficient (Wildman–Crippen LogP) is 1.48. The summed E-state index contributed by atoms with van der Waals surface area (Å²) < 4.78 is 0. The molecule has 0 bridgehead atoms. The topological polar surface area (TPSA) is 177 Å². The molecule has 9 heteroatoms. The Bertz CT molecular complexity index is 477. The van der Waals surface area contributed by atoms with E-state index in [2.05, 4.69) is 40.7 Å². The number of nitrogens with two attached hydrogens (primary N) is 2. The van der Waals surface area contributed by atoms with Gasteiger partial charge in [0.15, 0.2) is 0 Å². The zero-order valence-corrected chi connectivity index (χ0v) is 16.6. The van der Waals surface area contributed by atoms with Crippen LogP contribution in [0.1, 0.15) is 33.1 Å². The fourth-order valence-corrected chi connectivity index (χ4v) is 1.79. The molecular formula is C20H35N9. The molecule has 0 fully saturated rings. The summed E-state index contributed by atoms with van der Waals surface area (Å²) in [6.45, 7) is 8.43. The van der Waals surface area contributed by atoms with Crippen molar-refractivity contribution in [3.05, 3.63) is 12.7 Å². The van der Waals surface area contributed by atoms with Gasteiger partial charge in [-0.3, -0.25) is 0 Å².